The molecule has 7 rings (SSSR count). The molecule has 0 aromatic heterocycles. The zero-order valence-electron chi connectivity index (χ0n) is 22.2. The van der Waals surface area contributed by atoms with Crippen LogP contribution in [0.25, 0.3) is 44.5 Å². The molecule has 0 fully saturated rings. The molecule has 0 saturated carbocycles. The smallest absolute Gasteiger partial charge is 0.0442 e. The molecular weight excluding hydrogens is 434 g/mol. The second-order valence-corrected chi connectivity index (χ2v) is 12.6. The van der Waals surface area contributed by atoms with Gasteiger partial charge in [-0.15, -0.1) is 0 Å². The maximum atomic E-state index is 2.65. The van der Waals surface area contributed by atoms with Crippen LogP contribution in [-0.2, 0) is 10.8 Å². The molecule has 0 amide bonds. The van der Waals surface area contributed by atoms with Gasteiger partial charge in [0.1, 0.15) is 0 Å². The van der Waals surface area contributed by atoms with E-state index in [9.17, 15) is 0 Å². The van der Waals surface area contributed by atoms with Crippen molar-refractivity contribution < 1.29 is 0 Å². The van der Waals surface area contributed by atoms with Crippen LogP contribution in [0.3, 0.4) is 0 Å². The van der Waals surface area contributed by atoms with E-state index in [1.165, 1.54) is 91.8 Å². The summed E-state index contributed by atoms with van der Waals surface area (Å²) in [7, 11) is 0. The fourth-order valence-corrected chi connectivity index (χ4v) is 6.87. The number of nitrogens with zero attached hydrogens (tertiary/aromatic N) is 1. The highest BCUT2D eigenvalue weighted by molar-refractivity contribution is 6.23. The van der Waals surface area contributed by atoms with Gasteiger partial charge in [-0.25, -0.2) is 0 Å². The fourth-order valence-electron chi connectivity index (χ4n) is 6.87. The van der Waals surface area contributed by atoms with E-state index in [1.807, 2.05) is 0 Å². The van der Waals surface area contributed by atoms with Crippen LogP contribution >= 0.6 is 0 Å². The highest BCUT2D eigenvalue weighted by atomic mass is 15.2. The molecule has 5 aromatic rings. The average Bonchev–Trinajstić information content (AvgIpc) is 2.84. The minimum atomic E-state index is 0.215. The van der Waals surface area contributed by atoms with Gasteiger partial charge in [0, 0.05) is 18.8 Å². The summed E-state index contributed by atoms with van der Waals surface area (Å²) in [5.41, 5.74) is 8.94. The van der Waals surface area contributed by atoms with E-state index in [1.54, 1.807) is 0 Å². The van der Waals surface area contributed by atoms with Crippen LogP contribution in [-0.4, -0.2) is 13.1 Å². The summed E-state index contributed by atoms with van der Waals surface area (Å²) in [6.45, 7) is 14.3. The summed E-state index contributed by atoms with van der Waals surface area (Å²) in [5.74, 6) is 0. The first-order valence-electron chi connectivity index (χ1n) is 13.5. The molecule has 0 atom stereocenters. The van der Waals surface area contributed by atoms with Gasteiger partial charge in [-0.3, -0.25) is 0 Å². The zero-order chi connectivity index (χ0) is 24.8. The van der Waals surface area contributed by atoms with Crippen LogP contribution in [0.4, 0.5) is 5.69 Å². The Hall–Kier alpha value is -3.32. The first kappa shape index (κ1) is 21.9. The van der Waals surface area contributed by atoms with Gasteiger partial charge in [0.05, 0.1) is 0 Å². The molecule has 2 aliphatic rings. The third-order valence-electron chi connectivity index (χ3n) is 9.09. The van der Waals surface area contributed by atoms with E-state index in [4.69, 9.17) is 0 Å². The van der Waals surface area contributed by atoms with Crippen molar-refractivity contribution >= 4 is 50.2 Å². The van der Waals surface area contributed by atoms with Crippen LogP contribution in [0.1, 0.15) is 68.4 Å². The summed E-state index contributed by atoms with van der Waals surface area (Å²) in [6, 6.07) is 23.4. The van der Waals surface area contributed by atoms with Gasteiger partial charge in [0.2, 0.25) is 0 Å². The third kappa shape index (κ3) is 3.22. The van der Waals surface area contributed by atoms with E-state index < -0.39 is 0 Å². The van der Waals surface area contributed by atoms with Gasteiger partial charge in [0.15, 0.2) is 0 Å². The van der Waals surface area contributed by atoms with Gasteiger partial charge in [-0.2, -0.15) is 0 Å². The van der Waals surface area contributed by atoms with Crippen molar-refractivity contribution in [2.75, 3.05) is 18.0 Å². The summed E-state index contributed by atoms with van der Waals surface area (Å²) >= 11 is 0. The Morgan fingerprint density at radius 1 is 0.611 bits per heavy atom. The van der Waals surface area contributed by atoms with E-state index in [0.717, 1.165) is 0 Å². The van der Waals surface area contributed by atoms with Crippen molar-refractivity contribution in [1.82, 2.24) is 0 Å². The summed E-state index contributed by atoms with van der Waals surface area (Å²) in [4.78, 5) is 2.65. The minimum Gasteiger partial charge on any atom is -0.371 e. The maximum Gasteiger partial charge on any atom is 0.0442 e. The molecule has 36 heavy (non-hydrogen) atoms. The molecule has 0 N–H and O–H groups in total. The van der Waals surface area contributed by atoms with E-state index >= 15 is 0 Å². The van der Waals surface area contributed by atoms with Crippen LogP contribution in [0.2, 0.25) is 0 Å². The number of benzene rings is 5. The Morgan fingerprint density at radius 3 is 1.50 bits per heavy atom. The van der Waals surface area contributed by atoms with Gasteiger partial charge in [0.25, 0.3) is 0 Å². The van der Waals surface area contributed by atoms with Gasteiger partial charge < -0.3 is 4.90 Å². The van der Waals surface area contributed by atoms with Gasteiger partial charge >= 0.3 is 0 Å². The number of aryl methyl sites for hydroxylation is 1. The molecule has 0 aliphatic carbocycles. The molecule has 1 nitrogen and oxygen atoms in total. The number of rotatable bonds is 2. The standard InChI is InChI=1S/C35H35N/c1-22-16-25-8-10-27-18-23(19-28-11-9-26(17-22)31(25)32(27)28)6-7-24-20-29-33-30(21-24)35(4,5)13-15-36(33)14-12-34(29,2)3/h6-11,16-21H,12-15H2,1-5H3/b7-6-. The van der Waals surface area contributed by atoms with E-state index in [2.05, 4.69) is 112 Å². The Morgan fingerprint density at radius 2 is 1.03 bits per heavy atom. The minimum absolute atomic E-state index is 0.215. The van der Waals surface area contributed by atoms with Gasteiger partial charge in [-0.05, 0) is 115 Å². The normalized spacial score (nSPS) is 18.5. The second kappa shape index (κ2) is 7.35. The Kier molecular flexibility index (Phi) is 4.48. The Balaban J connectivity index is 1.36. The molecule has 0 spiro atoms. The fraction of sp³-hybridized carbons (Fsp3) is 0.314. The quantitative estimate of drug-likeness (QED) is 0.184. The zero-order valence-corrected chi connectivity index (χ0v) is 22.2. The molecule has 2 aliphatic heterocycles. The first-order valence-corrected chi connectivity index (χ1v) is 13.5. The van der Waals surface area contributed by atoms with Crippen molar-refractivity contribution in [3.8, 4) is 0 Å². The van der Waals surface area contributed by atoms with E-state index in [0.29, 0.717) is 0 Å². The molecule has 5 aromatic carbocycles. The highest BCUT2D eigenvalue weighted by Gasteiger charge is 2.39. The predicted octanol–water partition coefficient (Wildman–Crippen LogP) is 9.23. The molecule has 2 heterocycles. The lowest BCUT2D eigenvalue weighted by Crippen LogP contribution is -2.44. The average molecular weight is 470 g/mol. The SMILES string of the molecule is Cc1cc2ccc3cc(/C=C\c4cc5c6c(c4)C(C)(C)CCN6CCC5(C)C)cc4ccc(c1)c2c34. The lowest BCUT2D eigenvalue weighted by Gasteiger charge is -2.48. The van der Waals surface area contributed by atoms with E-state index in [-0.39, 0.29) is 10.8 Å². The van der Waals surface area contributed by atoms with Crippen LogP contribution < -0.4 is 4.90 Å². The maximum absolute atomic E-state index is 2.65. The molecule has 180 valence electrons. The van der Waals surface area contributed by atoms with Crippen LogP contribution in [0.15, 0.2) is 60.7 Å². The Bertz CT molecular complexity index is 1590. The van der Waals surface area contributed by atoms with Crippen molar-refractivity contribution in [3.63, 3.8) is 0 Å². The molecule has 0 bridgehead atoms. The summed E-state index contributed by atoms with van der Waals surface area (Å²) < 4.78 is 0. The monoisotopic (exact) mass is 469 g/mol. The number of anilines is 1. The second-order valence-electron chi connectivity index (χ2n) is 12.6. The predicted molar refractivity (Wildman–Crippen MR) is 158 cm³/mol. The third-order valence-corrected chi connectivity index (χ3v) is 9.09. The van der Waals surface area contributed by atoms with Crippen molar-refractivity contribution in [2.45, 2.75) is 58.3 Å². The summed E-state index contributed by atoms with van der Waals surface area (Å²) in [6.07, 6.45) is 7.11. The van der Waals surface area contributed by atoms with Crippen molar-refractivity contribution in [1.29, 1.82) is 0 Å². The van der Waals surface area contributed by atoms with Gasteiger partial charge in [-0.1, -0.05) is 76.2 Å². The lowest BCUT2D eigenvalue weighted by molar-refractivity contribution is 0.401. The Labute approximate surface area is 214 Å². The molecule has 0 unspecified atom stereocenters. The first-order chi connectivity index (χ1) is 17.2. The topological polar surface area (TPSA) is 3.24 Å². The van der Waals surface area contributed by atoms with Crippen molar-refractivity contribution in [2.24, 2.45) is 0 Å². The van der Waals surface area contributed by atoms with Crippen LogP contribution in [0.5, 0.6) is 0 Å². The van der Waals surface area contributed by atoms with Crippen molar-refractivity contribution in [3.05, 3.63) is 88.5 Å². The summed E-state index contributed by atoms with van der Waals surface area (Å²) in [5, 5.41) is 8.13. The molecule has 1 heteroatoms. The number of hydrogen-bond acceptors (Lipinski definition) is 1. The number of hydrogen-bond donors (Lipinski definition) is 0. The molecular formula is C35H35N. The molecule has 0 radical (unpaired) electrons. The lowest BCUT2D eigenvalue weighted by atomic mass is 9.69. The molecule has 0 saturated heterocycles. The van der Waals surface area contributed by atoms with Crippen LogP contribution in [0, 0.1) is 6.92 Å². The largest absolute Gasteiger partial charge is 0.371 e. The highest BCUT2D eigenvalue weighted by Crippen LogP contribution is 2.49.